The molecule has 2 nitrogen and oxygen atoms in total. The van der Waals surface area contributed by atoms with Gasteiger partial charge in [-0.1, -0.05) is 0 Å². The first-order chi connectivity index (χ1) is 6.24. The summed E-state index contributed by atoms with van der Waals surface area (Å²) in [6.07, 6.45) is 6.46. The first kappa shape index (κ1) is 11.3. The molecule has 1 rings (SSSR count). The molecule has 1 fully saturated rings. The lowest BCUT2D eigenvalue weighted by molar-refractivity contribution is 0.0865. The summed E-state index contributed by atoms with van der Waals surface area (Å²) < 4.78 is 0. The van der Waals surface area contributed by atoms with E-state index in [4.69, 9.17) is 0 Å². The first-order valence-electron chi connectivity index (χ1n) is 5.11. The van der Waals surface area contributed by atoms with E-state index in [1.807, 2.05) is 11.8 Å². The summed E-state index contributed by atoms with van der Waals surface area (Å²) in [5.74, 6) is 1.22. The summed E-state index contributed by atoms with van der Waals surface area (Å²) in [6.45, 7) is 1.18. The van der Waals surface area contributed by atoms with Crippen LogP contribution in [0, 0.1) is 0 Å². The van der Waals surface area contributed by atoms with E-state index in [2.05, 4.69) is 18.2 Å². The third kappa shape index (κ3) is 3.88. The Morgan fingerprint density at radius 1 is 1.31 bits per heavy atom. The molecular formula is C10H21NOS. The van der Waals surface area contributed by atoms with E-state index in [0.717, 1.165) is 18.9 Å². The smallest absolute Gasteiger partial charge is 0.0541 e. The Balaban J connectivity index is 2.19. The first-order valence-corrected chi connectivity index (χ1v) is 6.50. The fourth-order valence-electron chi connectivity index (χ4n) is 1.92. The lowest BCUT2D eigenvalue weighted by Crippen LogP contribution is -2.37. The molecule has 0 aliphatic heterocycles. The van der Waals surface area contributed by atoms with Crippen molar-refractivity contribution in [2.45, 2.75) is 37.8 Å². The zero-order valence-corrected chi connectivity index (χ0v) is 9.52. The molecule has 0 bridgehead atoms. The number of thioether (sulfide) groups is 1. The van der Waals surface area contributed by atoms with Crippen LogP contribution in [0.1, 0.15) is 25.7 Å². The Morgan fingerprint density at radius 3 is 2.46 bits per heavy atom. The van der Waals surface area contributed by atoms with Crippen LogP contribution in [0.2, 0.25) is 0 Å². The lowest BCUT2D eigenvalue weighted by Gasteiger charge is -2.32. The van der Waals surface area contributed by atoms with Crippen LogP contribution in [0.4, 0.5) is 0 Å². The molecule has 1 aliphatic carbocycles. The molecule has 1 aliphatic rings. The maximum absolute atomic E-state index is 9.36. The second-order valence-corrected chi connectivity index (χ2v) is 4.92. The number of nitrogens with zero attached hydrogens (tertiary/aromatic N) is 1. The van der Waals surface area contributed by atoms with Gasteiger partial charge in [-0.3, -0.25) is 0 Å². The predicted octanol–water partition coefficient (Wildman–Crippen LogP) is 1.58. The Bertz CT molecular complexity index is 135. The fourth-order valence-corrected chi connectivity index (χ4v) is 2.39. The zero-order chi connectivity index (χ0) is 9.68. The molecule has 0 atom stereocenters. The molecule has 0 radical (unpaired) electrons. The lowest BCUT2D eigenvalue weighted by atomic mass is 9.92. The van der Waals surface area contributed by atoms with Crippen LogP contribution >= 0.6 is 11.8 Å². The quantitative estimate of drug-likeness (QED) is 0.750. The summed E-state index contributed by atoms with van der Waals surface area (Å²) in [5, 5.41) is 9.36. The molecule has 0 heterocycles. The Kier molecular flexibility index (Phi) is 5.14. The van der Waals surface area contributed by atoms with Gasteiger partial charge in [-0.2, -0.15) is 11.8 Å². The third-order valence-electron chi connectivity index (χ3n) is 2.94. The van der Waals surface area contributed by atoms with Gasteiger partial charge in [-0.25, -0.2) is 0 Å². The minimum atomic E-state index is -0.0230. The van der Waals surface area contributed by atoms with E-state index in [1.54, 1.807) is 0 Å². The monoisotopic (exact) mass is 203 g/mol. The molecule has 0 unspecified atom stereocenters. The van der Waals surface area contributed by atoms with Crippen molar-refractivity contribution in [3.63, 3.8) is 0 Å². The van der Waals surface area contributed by atoms with E-state index in [9.17, 15) is 5.11 Å². The van der Waals surface area contributed by atoms with Gasteiger partial charge in [0.15, 0.2) is 0 Å². The molecule has 1 N–H and O–H groups in total. The van der Waals surface area contributed by atoms with Crippen LogP contribution in [0.3, 0.4) is 0 Å². The van der Waals surface area contributed by atoms with Crippen LogP contribution in [0.15, 0.2) is 0 Å². The Morgan fingerprint density at radius 2 is 1.92 bits per heavy atom. The van der Waals surface area contributed by atoms with Gasteiger partial charge in [0.05, 0.1) is 6.10 Å². The Labute approximate surface area is 85.7 Å². The maximum Gasteiger partial charge on any atom is 0.0541 e. The van der Waals surface area contributed by atoms with E-state index in [0.29, 0.717) is 0 Å². The highest BCUT2D eigenvalue weighted by Crippen LogP contribution is 2.22. The number of hydrogen-bond acceptors (Lipinski definition) is 3. The van der Waals surface area contributed by atoms with Crippen molar-refractivity contribution in [3.8, 4) is 0 Å². The van der Waals surface area contributed by atoms with Crippen molar-refractivity contribution in [1.82, 2.24) is 4.90 Å². The van der Waals surface area contributed by atoms with E-state index in [1.165, 1.54) is 25.1 Å². The molecule has 78 valence electrons. The van der Waals surface area contributed by atoms with Crippen molar-refractivity contribution < 1.29 is 5.11 Å². The summed E-state index contributed by atoms with van der Waals surface area (Å²) >= 11 is 1.90. The molecule has 0 saturated heterocycles. The number of aliphatic hydroxyl groups excluding tert-OH is 1. The maximum atomic E-state index is 9.36. The third-order valence-corrected chi connectivity index (χ3v) is 3.53. The molecule has 13 heavy (non-hydrogen) atoms. The van der Waals surface area contributed by atoms with Gasteiger partial charge >= 0.3 is 0 Å². The van der Waals surface area contributed by atoms with Crippen LogP contribution < -0.4 is 0 Å². The summed E-state index contributed by atoms with van der Waals surface area (Å²) in [7, 11) is 2.21. The van der Waals surface area contributed by atoms with Gasteiger partial charge in [-0.05, 0) is 39.0 Å². The van der Waals surface area contributed by atoms with Crippen LogP contribution in [0.5, 0.6) is 0 Å². The van der Waals surface area contributed by atoms with Gasteiger partial charge in [0, 0.05) is 18.3 Å². The standard InChI is InChI=1S/C10H21NOS/c1-11(7-8-13-2)9-3-5-10(12)6-4-9/h9-10,12H,3-8H2,1-2H3. The highest BCUT2D eigenvalue weighted by molar-refractivity contribution is 7.98. The van der Waals surface area contributed by atoms with Gasteiger partial charge in [0.25, 0.3) is 0 Å². The SMILES string of the molecule is CSCCN(C)C1CCC(O)CC1. The van der Waals surface area contributed by atoms with E-state index in [-0.39, 0.29) is 6.10 Å². The summed E-state index contributed by atoms with van der Waals surface area (Å²) in [6, 6.07) is 0.718. The largest absolute Gasteiger partial charge is 0.393 e. The molecule has 0 aromatic carbocycles. The van der Waals surface area contributed by atoms with Gasteiger partial charge in [0.2, 0.25) is 0 Å². The zero-order valence-electron chi connectivity index (χ0n) is 8.70. The average Bonchev–Trinajstić information content (AvgIpc) is 2.15. The molecule has 0 spiro atoms. The minimum Gasteiger partial charge on any atom is -0.393 e. The van der Waals surface area contributed by atoms with Crippen LogP contribution in [-0.2, 0) is 0 Å². The topological polar surface area (TPSA) is 23.5 Å². The molecule has 0 aromatic rings. The second kappa shape index (κ2) is 5.89. The van der Waals surface area contributed by atoms with Crippen molar-refractivity contribution in [3.05, 3.63) is 0 Å². The van der Waals surface area contributed by atoms with E-state index < -0.39 is 0 Å². The highest BCUT2D eigenvalue weighted by atomic mass is 32.2. The summed E-state index contributed by atoms with van der Waals surface area (Å²) in [4.78, 5) is 2.45. The van der Waals surface area contributed by atoms with Crippen LogP contribution in [-0.4, -0.2) is 47.8 Å². The van der Waals surface area contributed by atoms with Gasteiger partial charge in [-0.15, -0.1) is 0 Å². The minimum absolute atomic E-state index is 0.0230. The summed E-state index contributed by atoms with van der Waals surface area (Å²) in [5.41, 5.74) is 0. The van der Waals surface area contributed by atoms with Crippen molar-refractivity contribution in [2.24, 2.45) is 0 Å². The van der Waals surface area contributed by atoms with Gasteiger partial charge in [0.1, 0.15) is 0 Å². The molecular weight excluding hydrogens is 182 g/mol. The number of hydrogen-bond donors (Lipinski definition) is 1. The molecule has 0 amide bonds. The normalized spacial score (nSPS) is 29.5. The number of rotatable bonds is 4. The second-order valence-electron chi connectivity index (χ2n) is 3.94. The van der Waals surface area contributed by atoms with Crippen molar-refractivity contribution >= 4 is 11.8 Å². The average molecular weight is 203 g/mol. The van der Waals surface area contributed by atoms with Crippen molar-refractivity contribution in [1.29, 1.82) is 0 Å². The van der Waals surface area contributed by atoms with Crippen LogP contribution in [0.25, 0.3) is 0 Å². The fraction of sp³-hybridized carbons (Fsp3) is 1.00. The van der Waals surface area contributed by atoms with Crippen molar-refractivity contribution in [2.75, 3.05) is 25.6 Å². The predicted molar refractivity (Wildman–Crippen MR) is 59.3 cm³/mol. The Hall–Kier alpha value is 0.270. The number of aliphatic hydroxyl groups is 1. The van der Waals surface area contributed by atoms with E-state index >= 15 is 0 Å². The molecule has 1 saturated carbocycles. The molecule has 3 heteroatoms. The highest BCUT2D eigenvalue weighted by Gasteiger charge is 2.21. The molecule has 0 aromatic heterocycles. The van der Waals surface area contributed by atoms with Gasteiger partial charge < -0.3 is 10.0 Å².